The molecule has 5 nitrogen and oxygen atoms in total. The summed E-state index contributed by atoms with van der Waals surface area (Å²) < 4.78 is 0. The molecule has 0 aromatic heterocycles. The largest absolute Gasteiger partial charge is 0.329 e. The summed E-state index contributed by atoms with van der Waals surface area (Å²) in [4.78, 5) is 0. The molecule has 0 aliphatic rings. The summed E-state index contributed by atoms with van der Waals surface area (Å²) in [5.74, 6) is 0. The molecule has 0 spiro atoms. The molecule has 0 saturated heterocycles. The van der Waals surface area contributed by atoms with Crippen molar-refractivity contribution in [1.82, 2.24) is 16.0 Å². The molecule has 0 aromatic carbocycles. The Kier molecular flexibility index (Phi) is 11.7. The third kappa shape index (κ3) is 11.7. The summed E-state index contributed by atoms with van der Waals surface area (Å²) in [6.45, 7) is 8.63. The third-order valence-corrected chi connectivity index (χ3v) is 2.14. The van der Waals surface area contributed by atoms with Crippen molar-refractivity contribution in [2.75, 3.05) is 45.8 Å². The minimum absolute atomic E-state index is 0.0822. The molecule has 0 rings (SSSR count). The first-order valence-electron chi connectivity index (χ1n) is 5.89. The van der Waals surface area contributed by atoms with Crippen LogP contribution in [0, 0.1) is 0 Å². The summed E-state index contributed by atoms with van der Waals surface area (Å²) >= 11 is 0. The van der Waals surface area contributed by atoms with Gasteiger partial charge in [-0.05, 0) is 26.1 Å². The highest BCUT2D eigenvalue weighted by Gasteiger charge is 1.96. The fraction of sp³-hybridized carbons (Fsp3) is 1.00. The number of rotatable bonds is 11. The number of nitrogens with two attached hydrogens (primary N) is 2. The predicted octanol–water partition coefficient (Wildman–Crippen LogP) is -1.55. The van der Waals surface area contributed by atoms with Gasteiger partial charge in [-0.25, -0.2) is 0 Å². The van der Waals surface area contributed by atoms with Crippen LogP contribution < -0.4 is 27.4 Å². The molecular weight excluding hydrogens is 190 g/mol. The maximum atomic E-state index is 5.65. The van der Waals surface area contributed by atoms with Crippen LogP contribution in [-0.2, 0) is 0 Å². The van der Waals surface area contributed by atoms with Crippen LogP contribution in [0.25, 0.3) is 0 Å². The molecule has 0 saturated carbocycles. The molecule has 1 atom stereocenters. The maximum absolute atomic E-state index is 5.65. The van der Waals surface area contributed by atoms with E-state index in [1.165, 1.54) is 6.42 Å². The molecule has 0 amide bonds. The molecule has 92 valence electrons. The van der Waals surface area contributed by atoms with Crippen molar-refractivity contribution in [3.05, 3.63) is 0 Å². The van der Waals surface area contributed by atoms with Crippen molar-refractivity contribution in [3.63, 3.8) is 0 Å². The Balaban J connectivity index is 2.92. The maximum Gasteiger partial charge on any atom is 0.0290 e. The van der Waals surface area contributed by atoms with Crippen molar-refractivity contribution in [3.8, 4) is 0 Å². The summed E-state index contributed by atoms with van der Waals surface area (Å²) in [5, 5.41) is 9.90. The Hall–Kier alpha value is -0.200. The molecular formula is C10H27N5. The van der Waals surface area contributed by atoms with Gasteiger partial charge in [-0.15, -0.1) is 0 Å². The van der Waals surface area contributed by atoms with Crippen LogP contribution in [0.2, 0.25) is 0 Å². The fourth-order valence-electron chi connectivity index (χ4n) is 1.19. The Morgan fingerprint density at radius 1 is 1.00 bits per heavy atom. The van der Waals surface area contributed by atoms with Gasteiger partial charge in [0.15, 0.2) is 0 Å². The van der Waals surface area contributed by atoms with E-state index in [0.29, 0.717) is 6.54 Å². The monoisotopic (exact) mass is 217 g/mol. The van der Waals surface area contributed by atoms with E-state index in [4.69, 9.17) is 11.5 Å². The zero-order valence-electron chi connectivity index (χ0n) is 9.89. The second-order valence-electron chi connectivity index (χ2n) is 3.66. The first-order chi connectivity index (χ1) is 7.31. The van der Waals surface area contributed by atoms with Gasteiger partial charge in [-0.3, -0.25) is 0 Å². The lowest BCUT2D eigenvalue weighted by Crippen LogP contribution is -2.41. The van der Waals surface area contributed by atoms with Crippen molar-refractivity contribution >= 4 is 0 Å². The van der Waals surface area contributed by atoms with E-state index < -0.39 is 0 Å². The van der Waals surface area contributed by atoms with Gasteiger partial charge < -0.3 is 27.4 Å². The molecule has 0 aliphatic carbocycles. The Bertz CT molecular complexity index is 120. The van der Waals surface area contributed by atoms with Gasteiger partial charge in [0, 0.05) is 32.2 Å². The van der Waals surface area contributed by atoms with Crippen molar-refractivity contribution in [1.29, 1.82) is 0 Å². The first-order valence-corrected chi connectivity index (χ1v) is 5.89. The molecule has 7 N–H and O–H groups in total. The fourth-order valence-corrected chi connectivity index (χ4v) is 1.19. The van der Waals surface area contributed by atoms with Crippen LogP contribution in [0.3, 0.4) is 0 Å². The lowest BCUT2D eigenvalue weighted by molar-refractivity contribution is 0.548. The van der Waals surface area contributed by atoms with Crippen molar-refractivity contribution in [2.24, 2.45) is 11.5 Å². The highest BCUT2D eigenvalue weighted by Crippen LogP contribution is 1.73. The predicted molar refractivity (Wildman–Crippen MR) is 65.9 cm³/mol. The van der Waals surface area contributed by atoms with Gasteiger partial charge in [0.05, 0.1) is 0 Å². The van der Waals surface area contributed by atoms with Gasteiger partial charge >= 0.3 is 0 Å². The van der Waals surface area contributed by atoms with Crippen LogP contribution in [0.1, 0.15) is 13.3 Å². The number of hydrogen-bond donors (Lipinski definition) is 5. The molecule has 0 radical (unpaired) electrons. The molecule has 0 fully saturated rings. The molecule has 15 heavy (non-hydrogen) atoms. The topological polar surface area (TPSA) is 88.1 Å². The summed E-state index contributed by atoms with van der Waals surface area (Å²) in [5.41, 5.74) is 11.0. The smallest absolute Gasteiger partial charge is 0.0290 e. The van der Waals surface area contributed by atoms with Crippen LogP contribution in [0.15, 0.2) is 0 Å². The van der Waals surface area contributed by atoms with E-state index in [9.17, 15) is 0 Å². The lowest BCUT2D eigenvalue weighted by atomic mass is 10.3. The normalized spacial score (nSPS) is 13.0. The van der Waals surface area contributed by atoms with E-state index in [1.807, 2.05) is 0 Å². The minimum Gasteiger partial charge on any atom is -0.329 e. The van der Waals surface area contributed by atoms with Gasteiger partial charge in [-0.2, -0.15) is 0 Å². The van der Waals surface area contributed by atoms with Crippen LogP contribution in [0.5, 0.6) is 0 Å². The Morgan fingerprint density at radius 2 is 1.67 bits per heavy atom. The van der Waals surface area contributed by atoms with E-state index in [1.54, 1.807) is 0 Å². The molecule has 1 unspecified atom stereocenters. The number of nitrogens with one attached hydrogen (secondary N) is 3. The van der Waals surface area contributed by atoms with Crippen molar-refractivity contribution in [2.45, 2.75) is 19.4 Å². The SMILES string of the molecule is CCNCCCNCCNCC(N)CN. The summed E-state index contributed by atoms with van der Waals surface area (Å²) in [7, 11) is 0. The molecule has 0 bridgehead atoms. The van der Waals surface area contributed by atoms with Gasteiger partial charge in [-0.1, -0.05) is 6.92 Å². The zero-order chi connectivity index (χ0) is 11.4. The molecule has 0 heterocycles. The molecule has 5 heteroatoms. The minimum atomic E-state index is 0.0822. The number of hydrogen-bond acceptors (Lipinski definition) is 5. The highest BCUT2D eigenvalue weighted by molar-refractivity contribution is 4.65. The first kappa shape index (κ1) is 14.8. The van der Waals surface area contributed by atoms with Crippen LogP contribution in [-0.4, -0.2) is 51.9 Å². The van der Waals surface area contributed by atoms with E-state index >= 15 is 0 Å². The second-order valence-corrected chi connectivity index (χ2v) is 3.66. The highest BCUT2D eigenvalue weighted by atomic mass is 15.0. The second kappa shape index (κ2) is 11.9. The average Bonchev–Trinajstić information content (AvgIpc) is 2.26. The Morgan fingerprint density at radius 3 is 2.33 bits per heavy atom. The van der Waals surface area contributed by atoms with E-state index in [0.717, 1.165) is 39.3 Å². The third-order valence-electron chi connectivity index (χ3n) is 2.14. The standard InChI is InChI=1S/C10H27N5/c1-2-13-4-3-5-14-6-7-15-9-10(12)8-11/h10,13-15H,2-9,11-12H2,1H3. The van der Waals surface area contributed by atoms with Gasteiger partial charge in [0.25, 0.3) is 0 Å². The molecule has 0 aromatic rings. The van der Waals surface area contributed by atoms with Crippen LogP contribution >= 0.6 is 0 Å². The average molecular weight is 217 g/mol. The summed E-state index contributed by atoms with van der Waals surface area (Å²) in [6, 6.07) is 0.0822. The van der Waals surface area contributed by atoms with E-state index in [-0.39, 0.29) is 6.04 Å². The summed E-state index contributed by atoms with van der Waals surface area (Å²) in [6.07, 6.45) is 1.18. The lowest BCUT2D eigenvalue weighted by Gasteiger charge is -2.10. The van der Waals surface area contributed by atoms with Gasteiger partial charge in [0.1, 0.15) is 0 Å². The Labute approximate surface area is 93.4 Å². The van der Waals surface area contributed by atoms with E-state index in [2.05, 4.69) is 22.9 Å². The molecule has 0 aliphatic heterocycles. The zero-order valence-corrected chi connectivity index (χ0v) is 9.89. The quantitative estimate of drug-likeness (QED) is 0.271. The van der Waals surface area contributed by atoms with Crippen molar-refractivity contribution < 1.29 is 0 Å². The van der Waals surface area contributed by atoms with Crippen LogP contribution in [0.4, 0.5) is 0 Å². The van der Waals surface area contributed by atoms with Gasteiger partial charge in [0.2, 0.25) is 0 Å².